The van der Waals surface area contributed by atoms with E-state index < -0.39 is 222 Å². The number of nitrogens with zero attached hydrogens (tertiary/aromatic N) is 1. The second kappa shape index (κ2) is 43.1. The monoisotopic (exact) mass is 1500 g/mol. The van der Waals surface area contributed by atoms with Crippen molar-refractivity contribution in [2.24, 2.45) is 51.3 Å². The lowest BCUT2D eigenvalue weighted by Gasteiger charge is -2.34. The first kappa shape index (κ1) is 93.5. The number of ether oxygens (including phenoxy) is 2. The highest BCUT2D eigenvalue weighted by molar-refractivity contribution is 6.00. The highest BCUT2D eigenvalue weighted by Crippen LogP contribution is 2.26. The average Bonchev–Trinajstić information content (AvgIpc) is 0.814. The number of rotatable bonds is 23. The highest BCUT2D eigenvalue weighted by atomic mass is 19.4. The molecule has 1 aromatic rings. The first-order chi connectivity index (χ1) is 48.4. The van der Waals surface area contributed by atoms with Crippen LogP contribution in [0.1, 0.15) is 154 Å². The number of carboxylic acids is 1. The van der Waals surface area contributed by atoms with Gasteiger partial charge in [0.2, 0.25) is 65.0 Å². The number of hydrogen-bond acceptors (Lipinski definition) is 21. The van der Waals surface area contributed by atoms with Crippen molar-refractivity contribution in [1.82, 2.24) is 58.5 Å². The molecule has 1 aromatic carbocycles. The van der Waals surface area contributed by atoms with Gasteiger partial charge in [-0.2, -0.15) is 13.2 Å². The molecule has 1 heterocycles. The third kappa shape index (κ3) is 33.9. The van der Waals surface area contributed by atoms with Gasteiger partial charge in [0, 0.05) is 6.54 Å². The number of carboxylic acid groups (broad SMARTS) is 1. The van der Waals surface area contributed by atoms with Gasteiger partial charge in [0.25, 0.3) is 0 Å². The lowest BCUT2D eigenvalue weighted by Crippen LogP contribution is -2.64. The second-order valence-corrected chi connectivity index (χ2v) is 28.6. The van der Waals surface area contributed by atoms with Gasteiger partial charge < -0.3 is 111 Å². The Morgan fingerprint density at radius 1 is 0.657 bits per heavy atom. The number of aliphatic hydroxyl groups is 4. The zero-order chi connectivity index (χ0) is 80.9. The molecule has 0 aromatic heterocycles. The van der Waals surface area contributed by atoms with E-state index in [-0.39, 0.29) is 56.6 Å². The molecule has 39 heteroatoms. The molecule has 105 heavy (non-hydrogen) atoms. The quantitative estimate of drug-likeness (QED) is 0.0227. The fourth-order valence-corrected chi connectivity index (χ4v) is 9.90. The van der Waals surface area contributed by atoms with Crippen molar-refractivity contribution in [3.05, 3.63) is 35.9 Å². The maximum atomic E-state index is 15.6. The maximum Gasteiger partial charge on any atom is 0.490 e. The van der Waals surface area contributed by atoms with Crippen molar-refractivity contribution in [3.8, 4) is 0 Å². The standard InChI is InChI=1S/C64H107N15O19.C2HF3O2/c1-16-33(8)42-56(91)77-43(34(9)81)55(90)69-28-41(82)75-45(48(84)50(65)85)58(93)73-40(29-80)60(95)97-49(35-21-18-17-19-22-35)46(79-53(88)38(26-31(4)5)71-54(89)39(27-63(10,11)12)74-62(96)98-64(13,14)15)59(94)78-44(47(83)32(6)7)57(92)72-37(25-30(2)3)52(87)70-36(51(86)76-42)23-20-24-68-61(66)67;3-2(4,5)1(6)7/h17-19,21-22,30-34,36-40,42-49,80-81,83-84H,16,20,23-29H2,1-15H3,(H2,65,85)(H,69,90)(H,70,87)(H,71,89)(H,72,92)(H,73,93)(H,74,96)(H,75,82)(H,76,86)(H,77,91)(H,78,94)(H,79,88)(H4,66,67,68);(H,6,7)/t33-,34-,36+,37-,38-,39+,40-,42-,43-,44-,45-,46-,47+,48-,49+;/m0./s1. The van der Waals surface area contributed by atoms with E-state index in [2.05, 4.69) is 52.8 Å². The predicted molar refractivity (Wildman–Crippen MR) is 370 cm³/mol. The summed E-state index contributed by atoms with van der Waals surface area (Å²) in [6, 6.07) is -11.5. The Balaban J connectivity index is 0.00000746. The molecule has 22 N–H and O–H groups in total. The molecular formula is C66H108F3N15O21. The summed E-state index contributed by atoms with van der Waals surface area (Å²) in [7, 11) is 0. The molecule has 0 spiro atoms. The van der Waals surface area contributed by atoms with Crippen molar-refractivity contribution >= 4 is 89.0 Å². The maximum absolute atomic E-state index is 15.6. The summed E-state index contributed by atoms with van der Waals surface area (Å²) in [6.07, 6.45) is -14.6. The topological polar surface area (TPSA) is 581 Å². The van der Waals surface area contributed by atoms with Gasteiger partial charge in [0.15, 0.2) is 24.2 Å². The Morgan fingerprint density at radius 2 is 1.18 bits per heavy atom. The summed E-state index contributed by atoms with van der Waals surface area (Å²) in [4.78, 5) is 198. The first-order valence-electron chi connectivity index (χ1n) is 33.9. The van der Waals surface area contributed by atoms with Crippen LogP contribution in [0, 0.1) is 29.1 Å². The number of esters is 1. The molecule has 15 atom stereocenters. The summed E-state index contributed by atoms with van der Waals surface area (Å²) in [6.45, 7) is 21.7. The van der Waals surface area contributed by atoms with E-state index in [0.717, 1.165) is 6.92 Å². The Bertz CT molecular complexity index is 3160. The summed E-state index contributed by atoms with van der Waals surface area (Å²) in [5, 5.41) is 78.1. The molecule has 36 nitrogen and oxygen atoms in total. The van der Waals surface area contributed by atoms with Crippen LogP contribution in [0.15, 0.2) is 35.3 Å². The van der Waals surface area contributed by atoms with Gasteiger partial charge >= 0.3 is 24.2 Å². The van der Waals surface area contributed by atoms with Crippen molar-refractivity contribution in [3.63, 3.8) is 0 Å². The van der Waals surface area contributed by atoms with Crippen molar-refractivity contribution in [2.45, 2.75) is 239 Å². The number of guanidine groups is 1. The predicted octanol–water partition coefficient (Wildman–Crippen LogP) is -2.85. The fourth-order valence-electron chi connectivity index (χ4n) is 9.90. The molecule has 0 unspecified atom stereocenters. The van der Waals surface area contributed by atoms with E-state index in [0.29, 0.717) is 0 Å². The first-order valence-corrected chi connectivity index (χ1v) is 33.9. The van der Waals surface area contributed by atoms with Gasteiger partial charge in [-0.1, -0.05) is 113 Å². The second-order valence-electron chi connectivity index (χ2n) is 28.6. The molecule has 1 saturated heterocycles. The number of cyclic esters (lactones) is 1. The SMILES string of the molecule is CC[C@H](C)[C@@H]1NC(=O)[C@@H](CCCN=C(N)N)NC(=O)[C@H](CC(C)C)NC(=O)[C@H]([C@H](O)C(C)C)NC(=O)[C@@H](NC(=O)[C@H](CC(C)C)NC(=O)[C@@H](CC(C)(C)C)NC(=O)OC(C)(C)C)[C@@H](c2ccccc2)OC(=O)[C@H](CO)NC(=O)[C@H]([C@H](O)C(N)=O)NC(=O)CNC(=O)[C@H]([C@H](C)O)NC1=O.O=C(O)C(F)(F)F. The number of alkyl carbamates (subject to hydrolysis) is 1. The minimum absolute atomic E-state index is 0.00254. The number of carbonyl (C=O) groups is 14. The molecule has 0 saturated carbocycles. The third-order valence-corrected chi connectivity index (χ3v) is 15.5. The molecule has 594 valence electrons. The number of carbonyl (C=O) groups excluding carboxylic acids is 13. The minimum Gasteiger partial charge on any atom is -0.475 e. The smallest absolute Gasteiger partial charge is 0.475 e. The van der Waals surface area contributed by atoms with Gasteiger partial charge in [-0.15, -0.1) is 0 Å². The lowest BCUT2D eigenvalue weighted by atomic mass is 9.87. The lowest BCUT2D eigenvalue weighted by molar-refractivity contribution is -0.192. The molecule has 0 bridgehead atoms. The number of alkyl halides is 3. The zero-order valence-corrected chi connectivity index (χ0v) is 61.7. The number of halogens is 3. The van der Waals surface area contributed by atoms with E-state index in [1.807, 2.05) is 10.6 Å². The van der Waals surface area contributed by atoms with Crippen LogP contribution in [0.25, 0.3) is 0 Å². The number of benzene rings is 1. The Morgan fingerprint density at radius 3 is 1.67 bits per heavy atom. The third-order valence-electron chi connectivity index (χ3n) is 15.5. The van der Waals surface area contributed by atoms with E-state index in [1.165, 1.54) is 44.2 Å². The van der Waals surface area contributed by atoms with Crippen LogP contribution in [-0.4, -0.2) is 225 Å². The fraction of sp³-hybridized carbons (Fsp3) is 0.682. The van der Waals surface area contributed by atoms with Crippen LogP contribution in [0.4, 0.5) is 18.0 Å². The Kier molecular flexibility index (Phi) is 38.4. The molecule has 1 aliphatic heterocycles. The van der Waals surface area contributed by atoms with Crippen molar-refractivity contribution in [1.29, 1.82) is 0 Å². The van der Waals surface area contributed by atoms with Crippen LogP contribution in [0.3, 0.4) is 0 Å². The van der Waals surface area contributed by atoms with E-state index in [4.69, 9.17) is 36.6 Å². The van der Waals surface area contributed by atoms with E-state index >= 15 is 14.4 Å². The number of aliphatic hydroxyl groups excluding tert-OH is 4. The molecule has 1 aliphatic rings. The van der Waals surface area contributed by atoms with Crippen LogP contribution in [-0.2, 0) is 71.8 Å². The Labute approximate surface area is 606 Å². The van der Waals surface area contributed by atoms with Crippen LogP contribution < -0.4 is 75.7 Å². The van der Waals surface area contributed by atoms with Gasteiger partial charge in [0.1, 0.15) is 60.0 Å². The van der Waals surface area contributed by atoms with Gasteiger partial charge in [-0.3, -0.25) is 57.7 Å². The number of hydrogen-bond donors (Lipinski definition) is 19. The van der Waals surface area contributed by atoms with Crippen LogP contribution >= 0.6 is 0 Å². The zero-order valence-electron chi connectivity index (χ0n) is 61.7. The molecule has 1 fully saturated rings. The summed E-state index contributed by atoms with van der Waals surface area (Å²) in [5.41, 5.74) is 14.8. The summed E-state index contributed by atoms with van der Waals surface area (Å²) >= 11 is 0. The number of aliphatic imine (C=N–C) groups is 1. The Hall–Kier alpha value is -9.50. The number of primary amides is 1. The largest absolute Gasteiger partial charge is 0.490 e. The number of nitrogens with one attached hydrogen (secondary N) is 11. The minimum atomic E-state index is -5.08. The summed E-state index contributed by atoms with van der Waals surface area (Å²) < 4.78 is 43.2. The molecular weight excluding hydrogens is 1400 g/mol. The van der Waals surface area contributed by atoms with Crippen molar-refractivity contribution in [2.75, 3.05) is 19.7 Å². The number of nitrogens with two attached hydrogens (primary N) is 3. The van der Waals surface area contributed by atoms with Crippen LogP contribution in [0.2, 0.25) is 0 Å². The van der Waals surface area contributed by atoms with Gasteiger partial charge in [0.05, 0.1) is 25.4 Å². The van der Waals surface area contributed by atoms with Crippen LogP contribution in [0.5, 0.6) is 0 Å². The molecule has 2 rings (SSSR count). The molecule has 12 amide bonds. The highest BCUT2D eigenvalue weighted by Gasteiger charge is 2.45. The number of aliphatic carboxylic acids is 1. The molecule has 0 aliphatic carbocycles. The average molecular weight is 1500 g/mol. The normalized spacial score (nSPS) is 23.0. The van der Waals surface area contributed by atoms with E-state index in [9.17, 15) is 81.5 Å². The van der Waals surface area contributed by atoms with Gasteiger partial charge in [-0.05, 0) is 94.4 Å². The molecule has 0 radical (unpaired) electrons. The summed E-state index contributed by atoms with van der Waals surface area (Å²) in [5.74, 6) is -20.5. The number of amides is 12. The van der Waals surface area contributed by atoms with Crippen molar-refractivity contribution < 1.29 is 115 Å². The van der Waals surface area contributed by atoms with E-state index in [1.54, 1.807) is 83.1 Å². The van der Waals surface area contributed by atoms with Gasteiger partial charge in [-0.25, -0.2) is 14.4 Å².